The van der Waals surface area contributed by atoms with E-state index in [4.69, 9.17) is 4.52 Å². The minimum Gasteiger partial charge on any atom is -0.449 e. The number of hydrogen-bond acceptors (Lipinski definition) is 2. The Morgan fingerprint density at radius 1 is 0.561 bits per heavy atom. The summed E-state index contributed by atoms with van der Waals surface area (Å²) in [6, 6.07) is 16.4. The van der Waals surface area contributed by atoms with Gasteiger partial charge in [-0.15, -0.1) is 0 Å². The van der Waals surface area contributed by atoms with Crippen LogP contribution in [0.4, 0.5) is 0 Å². The van der Waals surface area contributed by atoms with Crippen molar-refractivity contribution >= 4 is 9.03 Å². The smallest absolute Gasteiger partial charge is 0.212 e. The molecule has 3 heteroatoms. The van der Waals surface area contributed by atoms with Gasteiger partial charge in [-0.3, -0.25) is 0 Å². The predicted octanol–water partition coefficient (Wildman–Crippen LogP) is 11.4. The van der Waals surface area contributed by atoms with Crippen molar-refractivity contribution in [3.63, 3.8) is 0 Å². The molecule has 3 aromatic carbocycles. The fourth-order valence-electron chi connectivity index (χ4n) is 6.35. The third-order valence-corrected chi connectivity index (χ3v) is 8.53. The van der Waals surface area contributed by atoms with Crippen LogP contribution in [-0.4, -0.2) is 4.89 Å². The van der Waals surface area contributed by atoms with Gasteiger partial charge in [-0.1, -0.05) is 116 Å². The summed E-state index contributed by atoms with van der Waals surface area (Å²) in [5.41, 5.74) is 13.9. The maximum absolute atomic E-state index is 10.0. The van der Waals surface area contributed by atoms with E-state index < -0.39 is 9.03 Å². The molecule has 3 aromatic rings. The van der Waals surface area contributed by atoms with Crippen LogP contribution in [0, 0.1) is 0 Å². The second-order valence-corrected chi connectivity index (χ2v) is 12.0. The fourth-order valence-corrected chi connectivity index (χ4v) is 6.62. The number of benzene rings is 3. The molecule has 0 saturated carbocycles. The van der Waals surface area contributed by atoms with Crippen molar-refractivity contribution in [1.29, 1.82) is 0 Å². The van der Waals surface area contributed by atoms with E-state index in [2.05, 4.69) is 84.0 Å². The van der Waals surface area contributed by atoms with E-state index in [1.54, 1.807) is 0 Å². The van der Waals surface area contributed by atoms with Crippen LogP contribution in [0.3, 0.4) is 0 Å². The molecule has 41 heavy (non-hydrogen) atoms. The van der Waals surface area contributed by atoms with Gasteiger partial charge in [0.25, 0.3) is 0 Å². The van der Waals surface area contributed by atoms with Crippen LogP contribution in [0.5, 0.6) is 5.75 Å². The predicted molar refractivity (Wildman–Crippen MR) is 182 cm³/mol. The van der Waals surface area contributed by atoms with Crippen LogP contribution in [0.1, 0.15) is 126 Å². The van der Waals surface area contributed by atoms with Gasteiger partial charge in [-0.25, -0.2) is 0 Å². The molecule has 0 aliphatic heterocycles. The van der Waals surface area contributed by atoms with Gasteiger partial charge < -0.3 is 9.42 Å². The van der Waals surface area contributed by atoms with Crippen LogP contribution in [0.15, 0.2) is 42.5 Å². The van der Waals surface area contributed by atoms with Crippen LogP contribution in [0.2, 0.25) is 0 Å². The zero-order valence-corrected chi connectivity index (χ0v) is 27.8. The Hall–Kier alpha value is -2.15. The summed E-state index contributed by atoms with van der Waals surface area (Å²) < 4.78 is 6.06. The van der Waals surface area contributed by atoms with E-state index in [0.29, 0.717) is 0 Å². The van der Waals surface area contributed by atoms with Gasteiger partial charge in [0.15, 0.2) is 0 Å². The molecule has 1 N–H and O–H groups in total. The van der Waals surface area contributed by atoms with Crippen molar-refractivity contribution in [3.05, 3.63) is 75.8 Å². The van der Waals surface area contributed by atoms with Gasteiger partial charge >= 0.3 is 0 Å². The Labute approximate surface area is 253 Å². The Morgan fingerprint density at radius 2 is 1.07 bits per heavy atom. The Bertz CT molecular complexity index is 1230. The average Bonchev–Trinajstić information content (AvgIpc) is 2.97. The van der Waals surface area contributed by atoms with Gasteiger partial charge in [0.1, 0.15) is 5.75 Å². The average molecular weight is 575 g/mol. The van der Waals surface area contributed by atoms with Crippen molar-refractivity contribution in [2.24, 2.45) is 0 Å². The molecule has 0 radical (unpaired) electrons. The first-order valence-corrected chi connectivity index (χ1v) is 17.4. The molecular formula is C38H55O2P. The third kappa shape index (κ3) is 8.68. The van der Waals surface area contributed by atoms with Crippen molar-refractivity contribution in [3.8, 4) is 28.0 Å². The van der Waals surface area contributed by atoms with Gasteiger partial charge in [-0.05, 0) is 108 Å². The quantitative estimate of drug-likeness (QED) is 0.153. The fraction of sp³-hybridized carbons (Fsp3) is 0.526. The summed E-state index contributed by atoms with van der Waals surface area (Å²) in [5, 5.41) is 0. The first kappa shape index (κ1) is 33.4. The van der Waals surface area contributed by atoms with Crippen LogP contribution in [-0.2, 0) is 38.5 Å². The zero-order chi connectivity index (χ0) is 29.6. The number of rotatable bonds is 18. The molecule has 0 bridgehead atoms. The normalized spacial score (nSPS) is 11.6. The molecule has 224 valence electrons. The Kier molecular flexibility index (Phi) is 14.4. The molecule has 1 atom stereocenters. The molecule has 0 aliphatic rings. The molecule has 0 aliphatic carbocycles. The van der Waals surface area contributed by atoms with Crippen LogP contribution in [0.25, 0.3) is 22.3 Å². The molecule has 0 spiro atoms. The maximum atomic E-state index is 10.0. The SMILES string of the molecule is CCCCc1cc(CCC)c(CCC)c(-c2cccc(OPO)c2-c2cc(CCCC)cc(CCC)c2CCC)c1. The lowest BCUT2D eigenvalue weighted by atomic mass is 9.81. The minimum absolute atomic E-state index is 0.584. The monoisotopic (exact) mass is 574 g/mol. The highest BCUT2D eigenvalue weighted by atomic mass is 31.1. The third-order valence-electron chi connectivity index (χ3n) is 8.22. The van der Waals surface area contributed by atoms with Crippen molar-refractivity contribution in [2.45, 2.75) is 131 Å². The highest BCUT2D eigenvalue weighted by Gasteiger charge is 2.22. The van der Waals surface area contributed by atoms with E-state index >= 15 is 0 Å². The van der Waals surface area contributed by atoms with E-state index in [0.717, 1.165) is 70.0 Å². The summed E-state index contributed by atoms with van der Waals surface area (Å²) >= 11 is 0. The summed E-state index contributed by atoms with van der Waals surface area (Å²) in [6.45, 7) is 13.7. The van der Waals surface area contributed by atoms with E-state index in [9.17, 15) is 4.89 Å². The van der Waals surface area contributed by atoms with Crippen molar-refractivity contribution in [2.75, 3.05) is 0 Å². The lowest BCUT2D eigenvalue weighted by Gasteiger charge is -2.24. The molecule has 0 heterocycles. The lowest BCUT2D eigenvalue weighted by Crippen LogP contribution is -2.05. The molecular weight excluding hydrogens is 519 g/mol. The first-order chi connectivity index (χ1) is 20.1. The summed E-state index contributed by atoms with van der Waals surface area (Å²) in [5.74, 6) is 0.800. The van der Waals surface area contributed by atoms with Crippen LogP contribution >= 0.6 is 9.03 Å². The van der Waals surface area contributed by atoms with E-state index in [1.807, 2.05) is 0 Å². The molecule has 1 unspecified atom stereocenters. The summed E-state index contributed by atoms with van der Waals surface area (Å²) in [7, 11) is -0.584. The van der Waals surface area contributed by atoms with Gasteiger partial charge in [-0.2, -0.15) is 0 Å². The Balaban J connectivity index is 2.45. The second kappa shape index (κ2) is 17.7. The van der Waals surface area contributed by atoms with Gasteiger partial charge in [0.05, 0.1) is 0 Å². The van der Waals surface area contributed by atoms with Crippen molar-refractivity contribution in [1.82, 2.24) is 0 Å². The molecule has 3 rings (SSSR count). The van der Waals surface area contributed by atoms with Crippen molar-refractivity contribution < 1.29 is 9.42 Å². The highest BCUT2D eigenvalue weighted by Crippen LogP contribution is 2.46. The lowest BCUT2D eigenvalue weighted by molar-refractivity contribution is 0.515. The zero-order valence-electron chi connectivity index (χ0n) is 26.8. The Morgan fingerprint density at radius 3 is 1.56 bits per heavy atom. The molecule has 0 amide bonds. The first-order valence-electron chi connectivity index (χ1n) is 16.5. The molecule has 0 saturated heterocycles. The van der Waals surface area contributed by atoms with E-state index in [-0.39, 0.29) is 0 Å². The number of unbranched alkanes of at least 4 members (excludes halogenated alkanes) is 2. The molecule has 0 fully saturated rings. The molecule has 0 aromatic heterocycles. The largest absolute Gasteiger partial charge is 0.449 e. The van der Waals surface area contributed by atoms with Gasteiger partial charge in [0.2, 0.25) is 9.03 Å². The molecule has 2 nitrogen and oxygen atoms in total. The highest BCUT2D eigenvalue weighted by molar-refractivity contribution is 7.25. The number of aryl methyl sites for hydroxylation is 4. The van der Waals surface area contributed by atoms with Gasteiger partial charge in [0, 0.05) is 5.56 Å². The topological polar surface area (TPSA) is 29.5 Å². The summed E-state index contributed by atoms with van der Waals surface area (Å²) in [6.07, 6.45) is 15.8. The number of hydrogen-bond donors (Lipinski definition) is 1. The standard InChI is InChI=1S/C38H55O2P/c1-7-13-20-28-24-30(16-9-3)32(18-11-5)35(26-28)34-22-15-23-37(40-41-39)38(34)36-27-29(21-14-8-2)25-31(17-10-4)33(36)19-12-6/h15,22-27,39,41H,7-14,16-21H2,1-6H3. The maximum Gasteiger partial charge on any atom is 0.212 e. The van der Waals surface area contributed by atoms with Crippen LogP contribution < -0.4 is 4.52 Å². The van der Waals surface area contributed by atoms with E-state index in [1.165, 1.54) is 81.3 Å². The summed E-state index contributed by atoms with van der Waals surface area (Å²) in [4.78, 5) is 10.0. The minimum atomic E-state index is -0.584. The second-order valence-electron chi connectivity index (χ2n) is 11.6.